The van der Waals surface area contributed by atoms with Gasteiger partial charge in [-0.25, -0.2) is 4.39 Å². The van der Waals surface area contributed by atoms with Crippen LogP contribution >= 0.6 is 12.2 Å². The maximum Gasteiger partial charge on any atom is 0.216 e. The van der Waals surface area contributed by atoms with Gasteiger partial charge in [0.15, 0.2) is 0 Å². The fourth-order valence-corrected chi connectivity index (χ4v) is 1.44. The van der Waals surface area contributed by atoms with E-state index in [9.17, 15) is 9.18 Å². The quantitative estimate of drug-likeness (QED) is 0.542. The third-order valence-corrected chi connectivity index (χ3v) is 2.28. The monoisotopic (exact) mass is 255 g/mol. The van der Waals surface area contributed by atoms with Crippen LogP contribution in [0.15, 0.2) is 18.2 Å². The molecule has 0 radical (unpaired) electrons. The molecule has 0 aromatic heterocycles. The van der Waals surface area contributed by atoms with Crippen LogP contribution in [0.5, 0.6) is 0 Å². The van der Waals surface area contributed by atoms with Crippen molar-refractivity contribution in [3.63, 3.8) is 0 Å². The Labute approximate surface area is 104 Å². The van der Waals surface area contributed by atoms with Crippen LogP contribution in [-0.4, -0.2) is 24.0 Å². The summed E-state index contributed by atoms with van der Waals surface area (Å²) in [6.07, 6.45) is 0. The second kappa shape index (κ2) is 6.15. The van der Waals surface area contributed by atoms with Crippen LogP contribution in [0.25, 0.3) is 0 Å². The lowest BCUT2D eigenvalue weighted by Gasteiger charge is -2.08. The molecule has 0 saturated heterocycles. The molecule has 4 nitrogen and oxygen atoms in total. The lowest BCUT2D eigenvalue weighted by Crippen LogP contribution is -2.26. The molecule has 0 aliphatic carbocycles. The van der Waals surface area contributed by atoms with Crippen LogP contribution in [-0.2, 0) is 4.79 Å². The highest BCUT2D eigenvalue weighted by Gasteiger charge is 2.05. The van der Waals surface area contributed by atoms with E-state index in [2.05, 4.69) is 10.6 Å². The molecule has 1 amide bonds. The van der Waals surface area contributed by atoms with Crippen molar-refractivity contribution in [1.82, 2.24) is 5.32 Å². The Hall–Kier alpha value is -1.69. The van der Waals surface area contributed by atoms with Crippen molar-refractivity contribution in [2.75, 3.05) is 18.4 Å². The third kappa shape index (κ3) is 4.36. The molecule has 0 spiro atoms. The first-order valence-electron chi connectivity index (χ1n) is 5.08. The zero-order valence-corrected chi connectivity index (χ0v) is 10.2. The number of benzene rings is 1. The summed E-state index contributed by atoms with van der Waals surface area (Å²) in [5.41, 5.74) is 6.19. The normalized spacial score (nSPS) is 9.76. The summed E-state index contributed by atoms with van der Waals surface area (Å²) in [5.74, 6) is -0.552. The number of halogens is 1. The molecule has 4 N–H and O–H groups in total. The molecule has 0 atom stereocenters. The summed E-state index contributed by atoms with van der Waals surface area (Å²) in [6.45, 7) is 2.44. The average molecular weight is 255 g/mol. The number of carbonyl (C=O) groups excluding carboxylic acids is 1. The Morgan fingerprint density at radius 2 is 2.18 bits per heavy atom. The van der Waals surface area contributed by atoms with Gasteiger partial charge >= 0.3 is 0 Å². The Morgan fingerprint density at radius 1 is 1.47 bits per heavy atom. The molecule has 17 heavy (non-hydrogen) atoms. The van der Waals surface area contributed by atoms with E-state index in [0.717, 1.165) is 0 Å². The van der Waals surface area contributed by atoms with E-state index < -0.39 is 5.82 Å². The maximum atomic E-state index is 13.5. The number of hydrogen-bond donors (Lipinski definition) is 3. The summed E-state index contributed by atoms with van der Waals surface area (Å²) >= 11 is 4.70. The molecule has 0 heterocycles. The molecular formula is C11H14FN3OS. The summed E-state index contributed by atoms with van der Waals surface area (Å²) in [7, 11) is 0. The molecule has 0 unspecified atom stereocenters. The first kappa shape index (κ1) is 13.4. The van der Waals surface area contributed by atoms with Crippen molar-refractivity contribution < 1.29 is 9.18 Å². The summed E-state index contributed by atoms with van der Waals surface area (Å²) in [6, 6.07) is 4.53. The molecule has 0 bridgehead atoms. The fourth-order valence-electron chi connectivity index (χ4n) is 1.27. The molecule has 0 aliphatic rings. The van der Waals surface area contributed by atoms with Gasteiger partial charge in [0.25, 0.3) is 0 Å². The smallest absolute Gasteiger partial charge is 0.216 e. The minimum Gasteiger partial charge on any atom is -0.389 e. The molecule has 1 rings (SSSR count). The minimum atomic E-state index is -0.456. The van der Waals surface area contributed by atoms with E-state index in [1.165, 1.54) is 19.1 Å². The molecule has 92 valence electrons. The number of hydrogen-bond acceptors (Lipinski definition) is 3. The first-order chi connectivity index (χ1) is 8.00. The van der Waals surface area contributed by atoms with E-state index in [4.69, 9.17) is 18.0 Å². The van der Waals surface area contributed by atoms with Crippen molar-refractivity contribution in [3.8, 4) is 0 Å². The Kier molecular flexibility index (Phi) is 4.84. The lowest BCUT2D eigenvalue weighted by molar-refractivity contribution is -0.118. The summed E-state index contributed by atoms with van der Waals surface area (Å²) < 4.78 is 13.5. The zero-order valence-electron chi connectivity index (χ0n) is 9.42. The van der Waals surface area contributed by atoms with Gasteiger partial charge in [0.1, 0.15) is 10.8 Å². The van der Waals surface area contributed by atoms with E-state index in [-0.39, 0.29) is 16.5 Å². The highest BCUT2D eigenvalue weighted by Crippen LogP contribution is 2.14. The van der Waals surface area contributed by atoms with Gasteiger partial charge in [0.2, 0.25) is 5.91 Å². The predicted octanol–water partition coefficient (Wildman–Crippen LogP) is 1.01. The zero-order chi connectivity index (χ0) is 12.8. The van der Waals surface area contributed by atoms with Gasteiger partial charge < -0.3 is 16.4 Å². The van der Waals surface area contributed by atoms with Crippen molar-refractivity contribution in [1.29, 1.82) is 0 Å². The van der Waals surface area contributed by atoms with E-state index in [1.807, 2.05) is 0 Å². The number of thiocarbonyl (C=S) groups is 1. The van der Waals surface area contributed by atoms with Crippen LogP contribution in [0.4, 0.5) is 10.1 Å². The van der Waals surface area contributed by atoms with Gasteiger partial charge in [-0.15, -0.1) is 0 Å². The van der Waals surface area contributed by atoms with Crippen LogP contribution in [0.1, 0.15) is 12.5 Å². The Bertz CT molecular complexity index is 437. The van der Waals surface area contributed by atoms with Gasteiger partial charge in [0.05, 0.1) is 0 Å². The number of rotatable bonds is 5. The number of nitrogens with two attached hydrogens (primary N) is 1. The van der Waals surface area contributed by atoms with Crippen molar-refractivity contribution >= 4 is 28.8 Å². The first-order valence-corrected chi connectivity index (χ1v) is 5.49. The number of nitrogens with one attached hydrogen (secondary N) is 2. The van der Waals surface area contributed by atoms with Gasteiger partial charge in [-0.3, -0.25) is 4.79 Å². The summed E-state index contributed by atoms with van der Waals surface area (Å²) in [4.78, 5) is 10.6. The fraction of sp³-hybridized carbons (Fsp3) is 0.273. The van der Waals surface area contributed by atoms with Crippen molar-refractivity contribution in [2.45, 2.75) is 6.92 Å². The molecule has 0 fully saturated rings. The highest BCUT2D eigenvalue weighted by atomic mass is 32.1. The van der Waals surface area contributed by atoms with Gasteiger partial charge in [-0.1, -0.05) is 12.2 Å². The van der Waals surface area contributed by atoms with Crippen LogP contribution in [0.3, 0.4) is 0 Å². The Balaban J connectivity index is 2.53. The maximum absolute atomic E-state index is 13.5. The standard InChI is InChI=1S/C11H14FN3OS/c1-7(16)14-4-5-15-8-2-3-9(11(13)17)10(12)6-8/h2-3,6,15H,4-5H2,1H3,(H2,13,17)(H,14,16). The predicted molar refractivity (Wildman–Crippen MR) is 69.5 cm³/mol. The molecule has 6 heteroatoms. The van der Waals surface area contributed by atoms with Crippen LogP contribution in [0.2, 0.25) is 0 Å². The SMILES string of the molecule is CC(=O)NCCNc1ccc(C(N)=S)c(F)c1. The second-order valence-electron chi connectivity index (χ2n) is 3.47. The van der Waals surface area contributed by atoms with E-state index >= 15 is 0 Å². The van der Waals surface area contributed by atoms with Gasteiger partial charge in [-0.05, 0) is 18.2 Å². The number of carbonyl (C=O) groups is 1. The molecule has 0 aliphatic heterocycles. The Morgan fingerprint density at radius 3 is 2.71 bits per heavy atom. The van der Waals surface area contributed by atoms with Crippen molar-refractivity contribution in [2.24, 2.45) is 5.73 Å². The van der Waals surface area contributed by atoms with Crippen LogP contribution in [0, 0.1) is 5.82 Å². The largest absolute Gasteiger partial charge is 0.389 e. The second-order valence-corrected chi connectivity index (χ2v) is 3.91. The topological polar surface area (TPSA) is 67.2 Å². The summed E-state index contributed by atoms with van der Waals surface area (Å²) in [5, 5.41) is 5.59. The third-order valence-electron chi connectivity index (χ3n) is 2.06. The van der Waals surface area contributed by atoms with Gasteiger partial charge in [0, 0.05) is 31.3 Å². The number of anilines is 1. The minimum absolute atomic E-state index is 0.0345. The average Bonchev–Trinajstić information content (AvgIpc) is 2.23. The molecule has 1 aromatic rings. The molecule has 0 saturated carbocycles. The van der Waals surface area contributed by atoms with E-state index in [1.54, 1.807) is 6.07 Å². The van der Waals surface area contributed by atoms with Crippen molar-refractivity contribution in [3.05, 3.63) is 29.6 Å². The lowest BCUT2D eigenvalue weighted by atomic mass is 10.2. The molecule has 1 aromatic carbocycles. The highest BCUT2D eigenvalue weighted by molar-refractivity contribution is 7.80. The van der Waals surface area contributed by atoms with Crippen LogP contribution < -0.4 is 16.4 Å². The van der Waals surface area contributed by atoms with Gasteiger partial charge in [-0.2, -0.15) is 0 Å². The molecular weight excluding hydrogens is 241 g/mol. The van der Waals surface area contributed by atoms with E-state index in [0.29, 0.717) is 18.8 Å². The number of amides is 1.